The van der Waals surface area contributed by atoms with E-state index in [4.69, 9.17) is 4.74 Å². The second kappa shape index (κ2) is 13.4. The molecule has 40 heavy (non-hydrogen) atoms. The van der Waals surface area contributed by atoms with Crippen molar-refractivity contribution in [2.45, 2.75) is 78.7 Å². The Morgan fingerprint density at radius 1 is 0.950 bits per heavy atom. The normalized spacial score (nSPS) is 17.0. The van der Waals surface area contributed by atoms with Gasteiger partial charge in [0.2, 0.25) is 11.8 Å². The van der Waals surface area contributed by atoms with E-state index in [2.05, 4.69) is 0 Å². The van der Waals surface area contributed by atoms with Crippen LogP contribution < -0.4 is 0 Å². The Labute approximate surface area is 236 Å². The average molecular weight is 550 g/mol. The molecule has 0 aromatic heterocycles. The van der Waals surface area contributed by atoms with Gasteiger partial charge in [-0.15, -0.1) is 0 Å². The first kappa shape index (κ1) is 30.6. The highest BCUT2D eigenvalue weighted by Crippen LogP contribution is 2.33. The van der Waals surface area contributed by atoms with E-state index in [9.17, 15) is 24.3 Å². The number of benzene rings is 2. The first-order valence-electron chi connectivity index (χ1n) is 13.5. The number of carbonyl (C=O) groups excluding carboxylic acids is 4. The molecule has 0 aliphatic carbocycles. The van der Waals surface area contributed by atoms with Crippen LogP contribution in [0.5, 0.6) is 0 Å². The molecular weight excluding hydrogens is 510 g/mol. The van der Waals surface area contributed by atoms with Crippen molar-refractivity contribution in [3.8, 4) is 0 Å². The quantitative estimate of drug-likeness (QED) is 0.452. The molecule has 1 N–H and O–H groups in total. The summed E-state index contributed by atoms with van der Waals surface area (Å²) in [7, 11) is 0. The Hall–Kier alpha value is -3.98. The van der Waals surface area contributed by atoms with Crippen LogP contribution in [0.25, 0.3) is 5.70 Å². The number of amides is 3. The molecule has 0 bridgehead atoms. The summed E-state index contributed by atoms with van der Waals surface area (Å²) in [6.45, 7) is 9.89. The van der Waals surface area contributed by atoms with Gasteiger partial charge in [-0.05, 0) is 38.2 Å². The summed E-state index contributed by atoms with van der Waals surface area (Å²) in [5, 5.41) is 13.7. The summed E-state index contributed by atoms with van der Waals surface area (Å²) in [6.07, 6.45) is -0.278. The van der Waals surface area contributed by atoms with Crippen LogP contribution in [0, 0.1) is 5.92 Å². The molecule has 2 aromatic carbocycles. The zero-order valence-electron chi connectivity index (χ0n) is 24.0. The molecule has 1 heterocycles. The number of esters is 1. The van der Waals surface area contributed by atoms with Crippen molar-refractivity contribution in [2.24, 2.45) is 5.92 Å². The third kappa shape index (κ3) is 7.15. The number of aliphatic hydroxyl groups is 1. The predicted octanol–water partition coefficient (Wildman–Crippen LogP) is 3.78. The molecule has 1 aliphatic heterocycles. The maximum absolute atomic E-state index is 14.3. The molecule has 2 unspecified atom stereocenters. The van der Waals surface area contributed by atoms with Gasteiger partial charge in [-0.2, -0.15) is 0 Å². The van der Waals surface area contributed by atoms with Gasteiger partial charge < -0.3 is 14.7 Å². The summed E-state index contributed by atoms with van der Waals surface area (Å²) < 4.78 is 5.31. The second-order valence-electron chi connectivity index (χ2n) is 10.7. The fraction of sp³-hybridized carbons (Fsp3) is 0.419. The van der Waals surface area contributed by atoms with Crippen molar-refractivity contribution in [2.75, 3.05) is 0 Å². The molecule has 3 atom stereocenters. The second-order valence-corrected chi connectivity index (χ2v) is 10.7. The van der Waals surface area contributed by atoms with Crippen molar-refractivity contribution in [3.63, 3.8) is 0 Å². The van der Waals surface area contributed by atoms with E-state index in [1.54, 1.807) is 44.3 Å². The fourth-order valence-corrected chi connectivity index (χ4v) is 4.82. The number of nitrogens with zero attached hydrogens (tertiary/aromatic N) is 3. The number of hydrogen-bond acceptors (Lipinski definition) is 6. The van der Waals surface area contributed by atoms with Gasteiger partial charge in [-0.25, -0.2) is 14.8 Å². The number of hydrogen-bond donors (Lipinski definition) is 1. The summed E-state index contributed by atoms with van der Waals surface area (Å²) in [5.41, 5.74) is 1.60. The van der Waals surface area contributed by atoms with Crippen molar-refractivity contribution < 1.29 is 29.0 Å². The number of hydrazine groups is 1. The fourth-order valence-electron chi connectivity index (χ4n) is 4.82. The molecule has 0 spiro atoms. The van der Waals surface area contributed by atoms with E-state index < -0.39 is 42.1 Å². The number of aliphatic hydroxyl groups excluding tert-OH is 1. The highest BCUT2D eigenvalue weighted by Gasteiger charge is 2.46. The largest absolute Gasteiger partial charge is 0.461 e. The minimum absolute atomic E-state index is 0.0572. The van der Waals surface area contributed by atoms with Gasteiger partial charge in [0.15, 0.2) is 6.10 Å². The Kier molecular flexibility index (Phi) is 10.2. The SMILES string of the molecule is CC(=O)N1C=C(c2ccccc2)N(N(C(C)=O)[C@@H](Cc2ccccc2)C(O)C(=O)OC(C)C)C(=O)C1CC(C)C. The molecule has 9 nitrogen and oxygen atoms in total. The van der Waals surface area contributed by atoms with E-state index >= 15 is 0 Å². The first-order chi connectivity index (χ1) is 18.9. The Morgan fingerprint density at radius 3 is 2.02 bits per heavy atom. The Balaban J connectivity index is 2.24. The third-order valence-electron chi connectivity index (χ3n) is 6.54. The number of rotatable bonds is 10. The summed E-state index contributed by atoms with van der Waals surface area (Å²) in [5.74, 6) is -2.24. The van der Waals surface area contributed by atoms with Gasteiger partial charge in [-0.3, -0.25) is 14.4 Å². The molecule has 1 aliphatic rings. The van der Waals surface area contributed by atoms with Crippen molar-refractivity contribution in [3.05, 3.63) is 78.0 Å². The lowest BCUT2D eigenvalue weighted by Gasteiger charge is -2.47. The van der Waals surface area contributed by atoms with Crippen LogP contribution in [0.15, 0.2) is 66.9 Å². The number of ether oxygens (including phenoxy) is 1. The molecule has 0 radical (unpaired) electrons. The van der Waals surface area contributed by atoms with Crippen LogP contribution in [0.3, 0.4) is 0 Å². The zero-order chi connectivity index (χ0) is 29.6. The molecule has 214 valence electrons. The highest BCUT2D eigenvalue weighted by atomic mass is 16.6. The monoisotopic (exact) mass is 549 g/mol. The molecule has 3 amide bonds. The van der Waals surface area contributed by atoms with Gasteiger partial charge in [0.05, 0.1) is 17.8 Å². The summed E-state index contributed by atoms with van der Waals surface area (Å²) in [4.78, 5) is 54.9. The molecular formula is C31H39N3O6. The van der Waals surface area contributed by atoms with Crippen LogP contribution in [0.2, 0.25) is 0 Å². The van der Waals surface area contributed by atoms with Crippen LogP contribution >= 0.6 is 0 Å². The van der Waals surface area contributed by atoms with E-state index in [0.717, 1.165) is 10.6 Å². The molecule has 0 saturated heterocycles. The highest BCUT2D eigenvalue weighted by molar-refractivity contribution is 5.98. The first-order valence-corrected chi connectivity index (χ1v) is 13.5. The molecule has 2 aromatic rings. The molecule has 3 rings (SSSR count). The van der Waals surface area contributed by atoms with E-state index in [1.165, 1.54) is 23.8 Å². The third-order valence-corrected chi connectivity index (χ3v) is 6.54. The molecule has 9 heteroatoms. The lowest BCUT2D eigenvalue weighted by atomic mass is 9.97. The van der Waals surface area contributed by atoms with Crippen molar-refractivity contribution in [1.29, 1.82) is 0 Å². The topological polar surface area (TPSA) is 107 Å². The minimum Gasteiger partial charge on any atom is -0.461 e. The van der Waals surface area contributed by atoms with Crippen LogP contribution in [0.1, 0.15) is 59.1 Å². The Morgan fingerprint density at radius 2 is 1.52 bits per heavy atom. The smallest absolute Gasteiger partial charge is 0.337 e. The predicted molar refractivity (Wildman–Crippen MR) is 151 cm³/mol. The average Bonchev–Trinajstić information content (AvgIpc) is 2.90. The van der Waals surface area contributed by atoms with Crippen molar-refractivity contribution >= 4 is 29.4 Å². The summed E-state index contributed by atoms with van der Waals surface area (Å²) >= 11 is 0. The van der Waals surface area contributed by atoms with Crippen LogP contribution in [0.4, 0.5) is 0 Å². The van der Waals surface area contributed by atoms with Crippen LogP contribution in [-0.4, -0.2) is 68.0 Å². The number of carbonyl (C=O) groups is 4. The molecule has 0 fully saturated rings. The van der Waals surface area contributed by atoms with Gasteiger partial charge in [0.1, 0.15) is 6.04 Å². The maximum Gasteiger partial charge on any atom is 0.337 e. The van der Waals surface area contributed by atoms with Gasteiger partial charge in [-0.1, -0.05) is 74.5 Å². The zero-order valence-corrected chi connectivity index (χ0v) is 24.0. The summed E-state index contributed by atoms with van der Waals surface area (Å²) in [6, 6.07) is 15.9. The Bertz CT molecular complexity index is 1230. The van der Waals surface area contributed by atoms with Crippen molar-refractivity contribution in [1.82, 2.24) is 14.9 Å². The lowest BCUT2D eigenvalue weighted by Crippen LogP contribution is -2.64. The van der Waals surface area contributed by atoms with E-state index in [1.807, 2.05) is 50.2 Å². The van der Waals surface area contributed by atoms with Crippen LogP contribution in [-0.2, 0) is 30.3 Å². The standard InChI is InChI=1S/C31H39N3O6/c1-20(2)17-27-30(38)34(28(19-32(27)22(5)35)25-15-11-8-12-16-25)33(23(6)36)26(18-24-13-9-7-10-14-24)29(37)31(39)40-21(3)4/h7-16,19-21,26-27,29,37H,17-18H2,1-6H3/t26-,27?,29?/m0/s1. The maximum atomic E-state index is 14.3. The van der Waals surface area contributed by atoms with E-state index in [0.29, 0.717) is 12.0 Å². The molecule has 0 saturated carbocycles. The van der Waals surface area contributed by atoms with Gasteiger partial charge in [0.25, 0.3) is 5.91 Å². The lowest BCUT2D eigenvalue weighted by molar-refractivity contribution is -0.177. The van der Waals surface area contributed by atoms with Gasteiger partial charge >= 0.3 is 5.97 Å². The minimum atomic E-state index is -1.76. The van der Waals surface area contributed by atoms with Gasteiger partial charge in [0, 0.05) is 25.6 Å². The van der Waals surface area contributed by atoms with E-state index in [-0.39, 0.29) is 23.9 Å².